The number of nitrogens with one attached hydrogen (secondary N) is 2. The van der Waals surface area contributed by atoms with Crippen molar-refractivity contribution in [3.63, 3.8) is 0 Å². The van der Waals surface area contributed by atoms with Crippen molar-refractivity contribution >= 4 is 56.4 Å². The number of aliphatic hydroxyl groups excluding tert-OH is 1. The van der Waals surface area contributed by atoms with E-state index in [0.717, 1.165) is 6.42 Å². The van der Waals surface area contributed by atoms with Crippen molar-refractivity contribution < 1.29 is 44.8 Å². The molecule has 0 bridgehead atoms. The van der Waals surface area contributed by atoms with Crippen LogP contribution in [0.15, 0.2) is 25.3 Å². The molecule has 0 radical (unpaired) electrons. The van der Waals surface area contributed by atoms with Gasteiger partial charge in [-0.25, -0.2) is 9.59 Å². The molecule has 0 fully saturated rings. The molecule has 1 amide bonds. The van der Waals surface area contributed by atoms with Gasteiger partial charge in [0.2, 0.25) is 0 Å². The Morgan fingerprint density at radius 1 is 1.18 bits per heavy atom. The molecule has 0 saturated heterocycles. The van der Waals surface area contributed by atoms with Crippen molar-refractivity contribution in [2.24, 2.45) is 0 Å². The van der Waals surface area contributed by atoms with Crippen LogP contribution in [0.5, 0.6) is 0 Å². The van der Waals surface area contributed by atoms with Crippen LogP contribution in [-0.4, -0.2) is 71.0 Å². The molecule has 0 heterocycles. The molecule has 0 unspecified atom stereocenters. The smallest absolute Gasteiger partial charge is 1.00 e. The number of hydrogen-bond acceptors (Lipinski definition) is 5. The number of aliphatic carboxylic acids is 1. The average molecular weight is 453 g/mol. The Morgan fingerprint density at radius 2 is 1.61 bits per heavy atom. The van der Waals surface area contributed by atoms with Gasteiger partial charge in [-0.2, -0.15) is 27.0 Å². The molecule has 166 valence electrons. The molecule has 0 aliphatic rings. The van der Waals surface area contributed by atoms with E-state index in [0.29, 0.717) is 0 Å². The van der Waals surface area contributed by atoms with Gasteiger partial charge >= 0.3 is 30.9 Å². The molecule has 0 rings (SSSR count). The van der Waals surface area contributed by atoms with E-state index in [1.807, 2.05) is 7.05 Å². The molecule has 0 aromatic carbocycles. The maximum atomic E-state index is 11.2. The van der Waals surface area contributed by atoms with Crippen molar-refractivity contribution in [2.45, 2.75) is 58.7 Å². The van der Waals surface area contributed by atoms with Gasteiger partial charge in [0, 0.05) is 6.04 Å². The summed E-state index contributed by atoms with van der Waals surface area (Å²) in [5.41, 5.74) is -0.638. The molecule has 28 heavy (non-hydrogen) atoms. The molecule has 0 aliphatic carbocycles. The first-order valence-corrected chi connectivity index (χ1v) is 7.33. The summed E-state index contributed by atoms with van der Waals surface area (Å²) in [6.07, 6.45) is 3.46. The molecular formula is C17H42AlLiN2O5S2. The van der Waals surface area contributed by atoms with Crippen molar-refractivity contribution in [3.05, 3.63) is 25.3 Å². The quantitative estimate of drug-likeness (QED) is 0.263. The molecule has 2 atom stereocenters. The second-order valence-corrected chi connectivity index (χ2v) is 5.75. The van der Waals surface area contributed by atoms with Gasteiger partial charge < -0.3 is 27.0 Å². The van der Waals surface area contributed by atoms with Gasteiger partial charge in [0.1, 0.15) is 11.6 Å². The molecular weight excluding hydrogens is 410 g/mol. The molecule has 0 saturated carbocycles. The van der Waals surface area contributed by atoms with E-state index in [4.69, 9.17) is 14.9 Å². The number of carboxylic acid groups (broad SMARTS) is 1. The summed E-state index contributed by atoms with van der Waals surface area (Å²) in [6.45, 7) is 12.3. The monoisotopic (exact) mass is 452 g/mol. The second-order valence-electron chi connectivity index (χ2n) is 5.75. The fraction of sp³-hybridized carbons (Fsp3) is 0.647. The zero-order chi connectivity index (χ0) is 18.5. The van der Waals surface area contributed by atoms with Crippen LogP contribution in [0.4, 0.5) is 4.79 Å². The minimum Gasteiger partial charge on any atom is -1.00 e. The number of rotatable bonds is 8. The van der Waals surface area contributed by atoms with E-state index in [1.165, 1.54) is 6.08 Å². The van der Waals surface area contributed by atoms with Crippen LogP contribution in [0.1, 0.15) is 42.5 Å². The van der Waals surface area contributed by atoms with Crippen LogP contribution >= 0.6 is 27.0 Å². The maximum absolute atomic E-state index is 11.2. The van der Waals surface area contributed by atoms with Gasteiger partial charge in [0.05, 0.1) is 6.61 Å². The number of alkyl carbamates (subject to hydrolysis) is 1. The second kappa shape index (κ2) is 27.0. The van der Waals surface area contributed by atoms with Crippen LogP contribution in [-0.2, 0) is 9.53 Å². The number of amides is 1. The number of likely N-dealkylation sites (N-methyl/N-ethyl adjacent to an activating group) is 1. The molecule has 0 spiro atoms. The Balaban J connectivity index is -0.0000000467. The molecule has 11 heteroatoms. The van der Waals surface area contributed by atoms with Gasteiger partial charge in [-0.3, -0.25) is 0 Å². The van der Waals surface area contributed by atoms with E-state index in [9.17, 15) is 9.59 Å². The number of carbonyl (C=O) groups is 2. The summed E-state index contributed by atoms with van der Waals surface area (Å²) in [6, 6.07) is -0.801. The SMILES string of the molecule is C.C=CC[C@@H](CO)NC.C=CC[C@H](NC(=O)OC(C)(C)C)C(=O)O.S.S.[AlH3].[H-].[Li+]. The van der Waals surface area contributed by atoms with Crippen molar-refractivity contribution in [2.75, 3.05) is 13.7 Å². The maximum Gasteiger partial charge on any atom is 1.00 e. The predicted octanol–water partition coefficient (Wildman–Crippen LogP) is -1.52. The van der Waals surface area contributed by atoms with E-state index in [-0.39, 0.29) is 91.1 Å². The third-order valence-corrected chi connectivity index (χ3v) is 2.47. The normalized spacial score (nSPS) is 10.6. The number of carbonyl (C=O) groups excluding carboxylic acids is 1. The first kappa shape index (κ1) is 46.3. The summed E-state index contributed by atoms with van der Waals surface area (Å²) in [7, 11) is 1.82. The topological polar surface area (TPSA) is 108 Å². The molecule has 0 aromatic rings. The van der Waals surface area contributed by atoms with E-state index in [1.54, 1.807) is 26.8 Å². The number of carboxylic acids is 1. The zero-order valence-electron chi connectivity index (χ0n) is 17.5. The molecule has 4 N–H and O–H groups in total. The number of hydrogen-bond donors (Lipinski definition) is 4. The Morgan fingerprint density at radius 3 is 1.82 bits per heavy atom. The third kappa shape index (κ3) is 30.7. The van der Waals surface area contributed by atoms with Gasteiger partial charge in [0.25, 0.3) is 0 Å². The first-order chi connectivity index (χ1) is 10.6. The summed E-state index contributed by atoms with van der Waals surface area (Å²) in [5.74, 6) is -1.11. The van der Waals surface area contributed by atoms with Gasteiger partial charge in [-0.05, 0) is 40.7 Å². The first-order valence-electron chi connectivity index (χ1n) is 7.33. The van der Waals surface area contributed by atoms with Crippen molar-refractivity contribution in [1.82, 2.24) is 10.6 Å². The summed E-state index contributed by atoms with van der Waals surface area (Å²) in [5, 5.41) is 22.5. The summed E-state index contributed by atoms with van der Waals surface area (Å²) in [4.78, 5) is 21.9. The number of aliphatic hydroxyl groups is 1. The Hall–Kier alpha value is -0.0301. The fourth-order valence-electron chi connectivity index (χ4n) is 1.32. The van der Waals surface area contributed by atoms with E-state index < -0.39 is 23.7 Å². The van der Waals surface area contributed by atoms with Gasteiger partial charge in [-0.15, -0.1) is 13.2 Å². The minimum atomic E-state index is -1.11. The average Bonchev–Trinajstić information content (AvgIpc) is 2.42. The summed E-state index contributed by atoms with van der Waals surface area (Å²) < 4.78 is 4.92. The largest absolute Gasteiger partial charge is 1.00 e. The van der Waals surface area contributed by atoms with Crippen LogP contribution in [0.2, 0.25) is 0 Å². The van der Waals surface area contributed by atoms with Gasteiger partial charge in [0.15, 0.2) is 17.4 Å². The Labute approximate surface area is 208 Å². The van der Waals surface area contributed by atoms with Crippen LogP contribution in [0.25, 0.3) is 0 Å². The Kier molecular flexibility index (Phi) is 44.6. The minimum absolute atomic E-state index is 0. The Bertz CT molecular complexity index is 403. The number of ether oxygens (including phenoxy) is 1. The molecule has 0 aliphatic heterocycles. The van der Waals surface area contributed by atoms with E-state index >= 15 is 0 Å². The van der Waals surface area contributed by atoms with E-state index in [2.05, 4.69) is 23.8 Å². The summed E-state index contributed by atoms with van der Waals surface area (Å²) >= 11 is 0. The van der Waals surface area contributed by atoms with Crippen LogP contribution in [0.3, 0.4) is 0 Å². The molecule has 0 aromatic heterocycles. The zero-order valence-corrected chi connectivity index (χ0v) is 18.5. The van der Waals surface area contributed by atoms with Crippen molar-refractivity contribution in [1.29, 1.82) is 0 Å². The third-order valence-electron chi connectivity index (χ3n) is 2.47. The fourth-order valence-corrected chi connectivity index (χ4v) is 1.32. The van der Waals surface area contributed by atoms with Crippen molar-refractivity contribution in [3.8, 4) is 0 Å². The van der Waals surface area contributed by atoms with Gasteiger partial charge in [-0.1, -0.05) is 19.6 Å². The van der Waals surface area contributed by atoms with Crippen LogP contribution < -0.4 is 29.5 Å². The molecule has 7 nitrogen and oxygen atoms in total. The standard InChI is InChI=1S/C10H17NO4.C6H13NO.CH4.Al.Li.2H2S.4H/c1-5-6-7(8(12)13)11-9(14)15-10(2,3)4;1-3-4-6(5-8)7-2;;;;;;;;;/h5,7H,1,6H2,2-4H3,(H,11,14)(H,12,13);3,6-8H,1,4-5H2,2H3;1H4;;;2*1H2;;;;/q;;;;+1;;;;;;-1/t7-;6-;;;;;;;;;/m00........./s1. The van der Waals surface area contributed by atoms with Crippen LogP contribution in [0, 0.1) is 0 Å². The predicted molar refractivity (Wildman–Crippen MR) is 129 cm³/mol.